The molecule has 1 aliphatic rings. The predicted molar refractivity (Wildman–Crippen MR) is 121 cm³/mol. The van der Waals surface area contributed by atoms with E-state index in [0.29, 0.717) is 29.5 Å². The van der Waals surface area contributed by atoms with Crippen LogP contribution in [0.2, 0.25) is 0 Å². The largest absolute Gasteiger partial charge is 0.416 e. The molecule has 1 aliphatic heterocycles. The molecule has 31 heavy (non-hydrogen) atoms. The van der Waals surface area contributed by atoms with Gasteiger partial charge in [0.1, 0.15) is 5.82 Å². The standard InChI is InChI=1S/C16H20F3N2P.C7H8FN/c1-3-6-11(16(17,18)19)9-13(15(22)4-2)14-10-12-7-5-8-21(12)20-14;8-7-3-1-6(5-9)2-4-7/h4,6,9-10H,3,5,7-8,22H2,1-2H3;1-4H,5,9H2/b11-6-,13-9-,15-4+;. The summed E-state index contributed by atoms with van der Waals surface area (Å²) in [5.74, 6) is -0.216. The first-order valence-electron chi connectivity index (χ1n) is 10.1. The molecule has 0 aliphatic carbocycles. The highest BCUT2D eigenvalue weighted by atomic mass is 31.0. The first kappa shape index (κ1) is 25.0. The Morgan fingerprint density at radius 2 is 1.94 bits per heavy atom. The van der Waals surface area contributed by atoms with Gasteiger partial charge in [0, 0.05) is 24.4 Å². The van der Waals surface area contributed by atoms with E-state index in [1.807, 2.05) is 10.7 Å². The Bertz CT molecular complexity index is 933. The summed E-state index contributed by atoms with van der Waals surface area (Å²) >= 11 is 0. The van der Waals surface area contributed by atoms with Gasteiger partial charge in [0.15, 0.2) is 0 Å². The molecule has 2 heterocycles. The third kappa shape index (κ3) is 7.15. The Morgan fingerprint density at radius 1 is 1.26 bits per heavy atom. The molecule has 0 radical (unpaired) electrons. The molecule has 0 spiro atoms. The van der Waals surface area contributed by atoms with Gasteiger partial charge >= 0.3 is 6.18 Å². The fourth-order valence-electron chi connectivity index (χ4n) is 3.10. The van der Waals surface area contributed by atoms with E-state index >= 15 is 0 Å². The first-order chi connectivity index (χ1) is 14.7. The van der Waals surface area contributed by atoms with Crippen molar-refractivity contribution in [2.75, 3.05) is 0 Å². The molecule has 2 N–H and O–H groups in total. The third-order valence-corrected chi connectivity index (χ3v) is 5.41. The Balaban J connectivity index is 0.000000316. The maximum atomic E-state index is 13.1. The summed E-state index contributed by atoms with van der Waals surface area (Å²) in [6.45, 7) is 4.81. The molecule has 168 valence electrons. The van der Waals surface area contributed by atoms with Crippen LogP contribution in [0.25, 0.3) is 5.57 Å². The molecular weight excluding hydrogens is 425 g/mol. The van der Waals surface area contributed by atoms with Crippen molar-refractivity contribution in [3.05, 3.63) is 82.2 Å². The molecular formula is C23H28F4N3P. The van der Waals surface area contributed by atoms with E-state index in [4.69, 9.17) is 5.73 Å². The van der Waals surface area contributed by atoms with Crippen molar-refractivity contribution in [1.29, 1.82) is 0 Å². The number of nitrogens with two attached hydrogens (primary N) is 1. The van der Waals surface area contributed by atoms with Crippen LogP contribution in [0.5, 0.6) is 0 Å². The highest BCUT2D eigenvalue weighted by Gasteiger charge is 2.32. The predicted octanol–water partition coefficient (Wildman–Crippen LogP) is 6.17. The summed E-state index contributed by atoms with van der Waals surface area (Å²) in [4.78, 5) is 0. The van der Waals surface area contributed by atoms with Gasteiger partial charge in [0.05, 0.1) is 11.3 Å². The van der Waals surface area contributed by atoms with Gasteiger partial charge in [-0.15, -0.1) is 9.24 Å². The van der Waals surface area contributed by atoms with Crippen molar-refractivity contribution in [3.8, 4) is 0 Å². The molecule has 1 atom stereocenters. The number of rotatable bonds is 5. The first-order valence-corrected chi connectivity index (χ1v) is 10.7. The average molecular weight is 453 g/mol. The van der Waals surface area contributed by atoms with Crippen LogP contribution < -0.4 is 5.73 Å². The van der Waals surface area contributed by atoms with Crippen LogP contribution in [-0.4, -0.2) is 16.0 Å². The lowest BCUT2D eigenvalue weighted by molar-refractivity contribution is -0.0883. The third-order valence-electron chi connectivity index (χ3n) is 4.76. The zero-order chi connectivity index (χ0) is 23.0. The van der Waals surface area contributed by atoms with Gasteiger partial charge in [-0.25, -0.2) is 4.39 Å². The van der Waals surface area contributed by atoms with Gasteiger partial charge in [-0.05, 0) is 61.3 Å². The van der Waals surface area contributed by atoms with Crippen LogP contribution in [0.4, 0.5) is 17.6 Å². The number of aromatic nitrogens is 2. The molecule has 1 unspecified atom stereocenters. The summed E-state index contributed by atoms with van der Waals surface area (Å²) in [7, 11) is 2.50. The Kier molecular flexibility index (Phi) is 9.20. The van der Waals surface area contributed by atoms with Gasteiger partial charge in [-0.3, -0.25) is 4.68 Å². The summed E-state index contributed by atoms with van der Waals surface area (Å²) in [5, 5.41) is 5.17. The van der Waals surface area contributed by atoms with E-state index < -0.39 is 11.7 Å². The lowest BCUT2D eigenvalue weighted by Gasteiger charge is -2.11. The molecule has 0 saturated carbocycles. The van der Waals surface area contributed by atoms with Crippen molar-refractivity contribution in [1.82, 2.24) is 9.78 Å². The quantitative estimate of drug-likeness (QED) is 0.334. The summed E-state index contributed by atoms with van der Waals surface area (Å²) in [5.41, 5.74) is 7.80. The zero-order valence-electron chi connectivity index (χ0n) is 17.7. The monoisotopic (exact) mass is 453 g/mol. The molecule has 1 aromatic heterocycles. The summed E-state index contributed by atoms with van der Waals surface area (Å²) in [6.07, 6.45) is 2.13. The van der Waals surface area contributed by atoms with Crippen LogP contribution in [0, 0.1) is 5.82 Å². The number of halogens is 4. The maximum Gasteiger partial charge on any atom is 0.416 e. The molecule has 0 amide bonds. The van der Waals surface area contributed by atoms with Crippen molar-refractivity contribution < 1.29 is 17.6 Å². The number of benzene rings is 1. The molecule has 2 aromatic rings. The summed E-state index contributed by atoms with van der Waals surface area (Å²) in [6, 6.07) is 8.06. The lowest BCUT2D eigenvalue weighted by Crippen LogP contribution is -2.10. The van der Waals surface area contributed by atoms with E-state index in [2.05, 4.69) is 14.3 Å². The number of allylic oxidation sites excluding steroid dienone is 6. The van der Waals surface area contributed by atoms with E-state index in [9.17, 15) is 17.6 Å². The molecule has 1 aromatic carbocycles. The molecule has 0 fully saturated rings. The normalized spacial score (nSPS) is 14.9. The maximum absolute atomic E-state index is 13.1. The van der Waals surface area contributed by atoms with Crippen LogP contribution in [-0.2, 0) is 19.5 Å². The molecule has 3 nitrogen and oxygen atoms in total. The Labute approximate surface area is 182 Å². The van der Waals surface area contributed by atoms with E-state index in [-0.39, 0.29) is 5.82 Å². The lowest BCUT2D eigenvalue weighted by atomic mass is 10.1. The molecule has 0 saturated heterocycles. The number of nitrogens with zero attached hydrogens (tertiary/aromatic N) is 2. The van der Waals surface area contributed by atoms with Crippen molar-refractivity contribution in [3.63, 3.8) is 0 Å². The summed E-state index contributed by atoms with van der Waals surface area (Å²) < 4.78 is 53.5. The van der Waals surface area contributed by atoms with Crippen LogP contribution in [0.15, 0.2) is 59.4 Å². The molecule has 0 bridgehead atoms. The van der Waals surface area contributed by atoms with Crippen LogP contribution in [0.1, 0.15) is 43.6 Å². The second-order valence-electron chi connectivity index (χ2n) is 7.05. The van der Waals surface area contributed by atoms with Gasteiger partial charge in [-0.1, -0.05) is 31.2 Å². The average Bonchev–Trinajstić information content (AvgIpc) is 3.33. The molecule has 3 rings (SSSR count). The minimum absolute atomic E-state index is 0.216. The van der Waals surface area contributed by atoms with Crippen LogP contribution >= 0.6 is 9.24 Å². The van der Waals surface area contributed by atoms with Gasteiger partial charge in [-0.2, -0.15) is 18.3 Å². The highest BCUT2D eigenvalue weighted by molar-refractivity contribution is 7.24. The van der Waals surface area contributed by atoms with Gasteiger partial charge in [0.25, 0.3) is 0 Å². The fourth-order valence-corrected chi connectivity index (χ4v) is 3.34. The zero-order valence-corrected chi connectivity index (χ0v) is 18.9. The van der Waals surface area contributed by atoms with Gasteiger partial charge < -0.3 is 5.73 Å². The van der Waals surface area contributed by atoms with E-state index in [1.165, 1.54) is 24.3 Å². The number of alkyl halides is 3. The van der Waals surface area contributed by atoms with Crippen molar-refractivity contribution in [2.45, 2.75) is 52.4 Å². The fraction of sp³-hybridized carbons (Fsp3) is 0.348. The number of aryl methyl sites for hydroxylation is 2. The second kappa shape index (κ2) is 11.4. The van der Waals surface area contributed by atoms with Crippen molar-refractivity contribution in [2.24, 2.45) is 5.73 Å². The van der Waals surface area contributed by atoms with Crippen LogP contribution in [0.3, 0.4) is 0 Å². The number of hydrogen-bond acceptors (Lipinski definition) is 2. The topological polar surface area (TPSA) is 43.8 Å². The SMILES string of the molecule is C\C=C(P)/C(=C\C(=C\CC)C(F)(F)F)c1cc2n(n1)CCC2.NCc1ccc(F)cc1. The number of hydrogen-bond donors (Lipinski definition) is 1. The Morgan fingerprint density at radius 3 is 2.45 bits per heavy atom. The Hall–Kier alpha value is -2.24. The highest BCUT2D eigenvalue weighted by Crippen LogP contribution is 2.35. The smallest absolute Gasteiger partial charge is 0.326 e. The number of fused-ring (bicyclic) bond motifs is 1. The van der Waals surface area contributed by atoms with Crippen molar-refractivity contribution >= 4 is 14.8 Å². The molecule has 8 heteroatoms. The second-order valence-corrected chi connectivity index (χ2v) is 7.67. The minimum Gasteiger partial charge on any atom is -0.326 e. The van der Waals surface area contributed by atoms with Gasteiger partial charge in [0.2, 0.25) is 0 Å². The van der Waals surface area contributed by atoms with E-state index in [0.717, 1.165) is 30.6 Å². The minimum atomic E-state index is -4.36. The van der Waals surface area contributed by atoms with E-state index in [1.54, 1.807) is 32.1 Å².